The van der Waals surface area contributed by atoms with E-state index in [1.165, 1.54) is 44.2 Å². The zero-order chi connectivity index (χ0) is 18.1. The van der Waals surface area contributed by atoms with Crippen LogP contribution >= 0.6 is 0 Å². The normalized spacial score (nSPS) is 11.6. The third-order valence-electron chi connectivity index (χ3n) is 4.90. The van der Waals surface area contributed by atoms with Gasteiger partial charge in [-0.2, -0.15) is 0 Å². The summed E-state index contributed by atoms with van der Waals surface area (Å²) in [5, 5.41) is 2.62. The van der Waals surface area contributed by atoms with Gasteiger partial charge < -0.3 is 4.57 Å². The standard InChI is InChI=1S/C25H23N/c1-4-5-6-7-20-10-12-21(13-11-20)26-24-16-18(2)8-14-22(24)23-15-9-19(3)17-25(23)26/h4-6,8-17H,1,7H2,2-3H3. The van der Waals surface area contributed by atoms with Gasteiger partial charge in [0.2, 0.25) is 0 Å². The summed E-state index contributed by atoms with van der Waals surface area (Å²) in [6.07, 6.45) is 6.87. The number of aromatic nitrogens is 1. The van der Waals surface area contributed by atoms with Crippen molar-refractivity contribution in [2.45, 2.75) is 20.3 Å². The van der Waals surface area contributed by atoms with Crippen LogP contribution in [0.25, 0.3) is 27.5 Å². The summed E-state index contributed by atoms with van der Waals surface area (Å²) in [5.74, 6) is 0. The molecule has 0 N–H and O–H groups in total. The van der Waals surface area contributed by atoms with Gasteiger partial charge in [-0.1, -0.05) is 61.2 Å². The second-order valence-electron chi connectivity index (χ2n) is 6.91. The van der Waals surface area contributed by atoms with Crippen molar-refractivity contribution in [1.29, 1.82) is 0 Å². The highest BCUT2D eigenvalue weighted by Crippen LogP contribution is 2.33. The van der Waals surface area contributed by atoms with Gasteiger partial charge in [0.25, 0.3) is 0 Å². The lowest BCUT2D eigenvalue weighted by Gasteiger charge is -2.09. The van der Waals surface area contributed by atoms with Gasteiger partial charge in [0.05, 0.1) is 11.0 Å². The Labute approximate surface area is 154 Å². The molecule has 0 atom stereocenters. The van der Waals surface area contributed by atoms with E-state index in [1.807, 2.05) is 12.2 Å². The van der Waals surface area contributed by atoms with Crippen molar-refractivity contribution < 1.29 is 0 Å². The van der Waals surface area contributed by atoms with Crippen molar-refractivity contribution in [2.24, 2.45) is 0 Å². The van der Waals surface area contributed by atoms with Crippen LogP contribution in [0.5, 0.6) is 0 Å². The smallest absolute Gasteiger partial charge is 0.0543 e. The molecule has 0 spiro atoms. The second-order valence-corrected chi connectivity index (χ2v) is 6.91. The Kier molecular flexibility index (Phi) is 4.22. The highest BCUT2D eigenvalue weighted by Gasteiger charge is 2.12. The molecule has 0 aliphatic heterocycles. The van der Waals surface area contributed by atoms with E-state index in [2.05, 4.69) is 91.7 Å². The number of allylic oxidation sites excluding steroid dienone is 3. The van der Waals surface area contributed by atoms with E-state index in [0.717, 1.165) is 6.42 Å². The third-order valence-corrected chi connectivity index (χ3v) is 4.90. The van der Waals surface area contributed by atoms with Crippen molar-refractivity contribution in [2.75, 3.05) is 0 Å². The van der Waals surface area contributed by atoms with Gasteiger partial charge in [0.15, 0.2) is 0 Å². The quantitative estimate of drug-likeness (QED) is 0.366. The van der Waals surface area contributed by atoms with Crippen LogP contribution in [0.4, 0.5) is 0 Å². The molecule has 1 aromatic heterocycles. The van der Waals surface area contributed by atoms with E-state index in [0.29, 0.717) is 0 Å². The minimum atomic E-state index is 0.928. The van der Waals surface area contributed by atoms with E-state index in [1.54, 1.807) is 0 Å². The van der Waals surface area contributed by atoms with Crippen LogP contribution in [0.1, 0.15) is 16.7 Å². The lowest BCUT2D eigenvalue weighted by Crippen LogP contribution is -1.95. The molecule has 3 aromatic carbocycles. The van der Waals surface area contributed by atoms with Crippen molar-refractivity contribution in [3.63, 3.8) is 0 Å². The average Bonchev–Trinajstić information content (AvgIpc) is 2.95. The average molecular weight is 337 g/mol. The van der Waals surface area contributed by atoms with Crippen molar-refractivity contribution in [3.05, 3.63) is 102 Å². The minimum Gasteiger partial charge on any atom is -0.309 e. The first-order valence-corrected chi connectivity index (χ1v) is 9.05. The largest absolute Gasteiger partial charge is 0.309 e. The molecular formula is C25H23N. The summed E-state index contributed by atoms with van der Waals surface area (Å²) in [4.78, 5) is 0. The second kappa shape index (κ2) is 6.68. The fraction of sp³-hybridized carbons (Fsp3) is 0.120. The topological polar surface area (TPSA) is 4.93 Å². The molecule has 26 heavy (non-hydrogen) atoms. The molecule has 0 aliphatic rings. The van der Waals surface area contributed by atoms with E-state index in [9.17, 15) is 0 Å². The molecule has 0 radical (unpaired) electrons. The van der Waals surface area contributed by atoms with Crippen molar-refractivity contribution in [3.8, 4) is 5.69 Å². The van der Waals surface area contributed by atoms with Crippen molar-refractivity contribution in [1.82, 2.24) is 4.57 Å². The predicted molar refractivity (Wildman–Crippen MR) is 113 cm³/mol. The number of aryl methyl sites for hydroxylation is 2. The molecule has 4 rings (SSSR count). The van der Waals surface area contributed by atoms with Gasteiger partial charge in [-0.05, 0) is 61.2 Å². The maximum absolute atomic E-state index is 3.72. The van der Waals surface area contributed by atoms with Crippen LogP contribution in [0.3, 0.4) is 0 Å². The first-order chi connectivity index (χ1) is 12.7. The molecule has 0 aliphatic carbocycles. The maximum atomic E-state index is 3.72. The number of hydrogen-bond acceptors (Lipinski definition) is 0. The van der Waals surface area contributed by atoms with Gasteiger partial charge in [0.1, 0.15) is 0 Å². The van der Waals surface area contributed by atoms with E-state index in [4.69, 9.17) is 0 Å². The van der Waals surface area contributed by atoms with Gasteiger partial charge in [-0.15, -0.1) is 0 Å². The molecule has 1 nitrogen and oxygen atoms in total. The first kappa shape index (κ1) is 16.4. The van der Waals surface area contributed by atoms with Crippen LogP contribution in [0, 0.1) is 13.8 Å². The maximum Gasteiger partial charge on any atom is 0.0543 e. The number of fused-ring (bicyclic) bond motifs is 3. The van der Waals surface area contributed by atoms with Crippen LogP contribution in [0.15, 0.2) is 85.5 Å². The van der Waals surface area contributed by atoms with Gasteiger partial charge >= 0.3 is 0 Å². The fourth-order valence-electron chi connectivity index (χ4n) is 3.60. The fourth-order valence-corrected chi connectivity index (χ4v) is 3.60. The molecule has 1 heteroatoms. The third kappa shape index (κ3) is 2.86. The van der Waals surface area contributed by atoms with Gasteiger partial charge in [-0.25, -0.2) is 0 Å². The lowest BCUT2D eigenvalue weighted by atomic mass is 10.1. The molecule has 0 fully saturated rings. The van der Waals surface area contributed by atoms with Crippen molar-refractivity contribution >= 4 is 21.8 Å². The summed E-state index contributed by atoms with van der Waals surface area (Å²) < 4.78 is 2.38. The molecular weight excluding hydrogens is 314 g/mol. The highest BCUT2D eigenvalue weighted by molar-refractivity contribution is 6.09. The van der Waals surface area contributed by atoms with E-state index in [-0.39, 0.29) is 0 Å². The van der Waals surface area contributed by atoms with Crippen LogP contribution in [-0.4, -0.2) is 4.57 Å². The SMILES string of the molecule is C=CC=CCc1ccc(-n2c3cc(C)ccc3c3ccc(C)cc32)cc1. The monoisotopic (exact) mass is 337 g/mol. The minimum absolute atomic E-state index is 0.928. The molecule has 0 unspecified atom stereocenters. The summed E-state index contributed by atoms with van der Waals surface area (Å²) in [7, 11) is 0. The van der Waals surface area contributed by atoms with Crippen LogP contribution in [0.2, 0.25) is 0 Å². The predicted octanol–water partition coefficient (Wildman–Crippen LogP) is 6.69. The Bertz CT molecular complexity index is 1070. The van der Waals surface area contributed by atoms with Gasteiger partial charge in [-0.3, -0.25) is 0 Å². The Balaban J connectivity index is 1.91. The molecule has 128 valence electrons. The molecule has 1 heterocycles. The Morgan fingerprint density at radius 1 is 0.808 bits per heavy atom. The summed E-state index contributed by atoms with van der Waals surface area (Å²) in [5.41, 5.74) is 7.61. The number of benzene rings is 3. The van der Waals surface area contributed by atoms with Gasteiger partial charge in [0, 0.05) is 16.5 Å². The molecule has 0 bridgehead atoms. The zero-order valence-electron chi connectivity index (χ0n) is 15.4. The molecule has 0 saturated heterocycles. The number of rotatable bonds is 4. The van der Waals surface area contributed by atoms with Crippen LogP contribution < -0.4 is 0 Å². The summed E-state index contributed by atoms with van der Waals surface area (Å²) in [6.45, 7) is 8.03. The molecule has 0 amide bonds. The van der Waals surface area contributed by atoms with E-state index >= 15 is 0 Å². The number of nitrogens with zero attached hydrogens (tertiary/aromatic N) is 1. The Hall–Kier alpha value is -3.06. The van der Waals surface area contributed by atoms with Crippen LogP contribution in [-0.2, 0) is 6.42 Å². The van der Waals surface area contributed by atoms with E-state index < -0.39 is 0 Å². The summed E-state index contributed by atoms with van der Waals surface area (Å²) >= 11 is 0. The lowest BCUT2D eigenvalue weighted by molar-refractivity contribution is 1.16. The molecule has 0 saturated carbocycles. The summed E-state index contributed by atoms with van der Waals surface area (Å²) in [6, 6.07) is 22.3. The number of hydrogen-bond donors (Lipinski definition) is 0. The highest BCUT2D eigenvalue weighted by atomic mass is 15.0. The Morgan fingerprint density at radius 2 is 1.38 bits per heavy atom. The molecule has 4 aromatic rings. The first-order valence-electron chi connectivity index (χ1n) is 9.05. The zero-order valence-corrected chi connectivity index (χ0v) is 15.4. The Morgan fingerprint density at radius 3 is 1.92 bits per heavy atom.